The van der Waals surface area contributed by atoms with E-state index >= 15 is 0 Å². The molecule has 1 amide bonds. The SMILES string of the molecule is Cc1cc2c(c(C)c1NC(=O)CC(C)(C)C)CCN2Cc1ccncc1. The topological polar surface area (TPSA) is 45.2 Å². The van der Waals surface area contributed by atoms with Crippen molar-refractivity contribution in [1.82, 2.24) is 4.98 Å². The van der Waals surface area contributed by atoms with E-state index in [1.165, 1.54) is 22.4 Å². The van der Waals surface area contributed by atoms with Crippen LogP contribution in [0.25, 0.3) is 0 Å². The lowest BCUT2D eigenvalue weighted by molar-refractivity contribution is -0.117. The summed E-state index contributed by atoms with van der Waals surface area (Å²) in [6.07, 6.45) is 5.24. The molecule has 1 aromatic heterocycles. The first kappa shape index (κ1) is 18.4. The lowest BCUT2D eigenvalue weighted by atomic mass is 9.91. The fraction of sp³-hybridized carbons (Fsp3) is 0.455. The molecule has 138 valence electrons. The highest BCUT2D eigenvalue weighted by atomic mass is 16.1. The zero-order chi connectivity index (χ0) is 18.9. The first-order valence-electron chi connectivity index (χ1n) is 9.31. The molecule has 0 aliphatic carbocycles. The van der Waals surface area contributed by atoms with Crippen molar-refractivity contribution in [2.75, 3.05) is 16.8 Å². The Morgan fingerprint density at radius 1 is 1.23 bits per heavy atom. The molecule has 1 aliphatic rings. The first-order valence-corrected chi connectivity index (χ1v) is 9.31. The molecule has 0 saturated heterocycles. The molecule has 0 radical (unpaired) electrons. The van der Waals surface area contributed by atoms with Crippen molar-refractivity contribution in [3.05, 3.63) is 52.8 Å². The molecule has 0 spiro atoms. The molecule has 0 unspecified atom stereocenters. The number of nitrogens with one attached hydrogen (secondary N) is 1. The standard InChI is InChI=1S/C22H29N3O/c1-15-12-19-18(8-11-25(19)14-17-6-9-23-10-7-17)16(2)21(15)24-20(26)13-22(3,4)5/h6-7,9-10,12H,8,11,13-14H2,1-5H3,(H,24,26). The van der Waals surface area contributed by atoms with Crippen LogP contribution in [0.5, 0.6) is 0 Å². The number of rotatable bonds is 4. The number of fused-ring (bicyclic) bond motifs is 1. The van der Waals surface area contributed by atoms with E-state index in [0.29, 0.717) is 6.42 Å². The van der Waals surface area contributed by atoms with E-state index in [1.807, 2.05) is 12.4 Å². The Balaban J connectivity index is 1.83. The summed E-state index contributed by atoms with van der Waals surface area (Å²) >= 11 is 0. The fourth-order valence-electron chi connectivity index (χ4n) is 3.70. The minimum atomic E-state index is -0.00996. The van der Waals surface area contributed by atoms with Gasteiger partial charge in [0.25, 0.3) is 0 Å². The fourth-order valence-corrected chi connectivity index (χ4v) is 3.70. The highest BCUT2D eigenvalue weighted by molar-refractivity contribution is 5.93. The van der Waals surface area contributed by atoms with Crippen LogP contribution in [-0.2, 0) is 17.8 Å². The molecule has 1 N–H and O–H groups in total. The van der Waals surface area contributed by atoms with Gasteiger partial charge in [-0.25, -0.2) is 0 Å². The van der Waals surface area contributed by atoms with Crippen molar-refractivity contribution in [3.63, 3.8) is 0 Å². The highest BCUT2D eigenvalue weighted by Gasteiger charge is 2.25. The van der Waals surface area contributed by atoms with Crippen molar-refractivity contribution in [2.45, 2.75) is 54.0 Å². The third-order valence-corrected chi connectivity index (χ3v) is 4.93. The number of carbonyl (C=O) groups excluding carboxylic acids is 1. The van der Waals surface area contributed by atoms with Gasteiger partial charge in [-0.2, -0.15) is 0 Å². The molecular formula is C22H29N3O. The van der Waals surface area contributed by atoms with Crippen molar-refractivity contribution in [2.24, 2.45) is 5.41 Å². The number of aromatic nitrogens is 1. The van der Waals surface area contributed by atoms with Crippen molar-refractivity contribution in [3.8, 4) is 0 Å². The Morgan fingerprint density at radius 3 is 2.58 bits per heavy atom. The van der Waals surface area contributed by atoms with Gasteiger partial charge in [0.1, 0.15) is 0 Å². The number of aryl methyl sites for hydroxylation is 1. The third kappa shape index (κ3) is 4.06. The number of pyridine rings is 1. The van der Waals surface area contributed by atoms with Crippen LogP contribution in [0.15, 0.2) is 30.6 Å². The van der Waals surface area contributed by atoms with E-state index in [1.54, 1.807) is 0 Å². The second-order valence-electron chi connectivity index (χ2n) is 8.50. The minimum Gasteiger partial charge on any atom is -0.367 e. The largest absolute Gasteiger partial charge is 0.367 e. The average Bonchev–Trinajstić information content (AvgIpc) is 2.93. The van der Waals surface area contributed by atoms with E-state index in [9.17, 15) is 4.79 Å². The number of hydrogen-bond acceptors (Lipinski definition) is 3. The zero-order valence-corrected chi connectivity index (χ0v) is 16.5. The van der Waals surface area contributed by atoms with Crippen molar-refractivity contribution < 1.29 is 4.79 Å². The van der Waals surface area contributed by atoms with Crippen LogP contribution in [0.4, 0.5) is 11.4 Å². The maximum absolute atomic E-state index is 12.4. The molecule has 4 heteroatoms. The van der Waals surface area contributed by atoms with Gasteiger partial charge in [0.15, 0.2) is 0 Å². The summed E-state index contributed by atoms with van der Waals surface area (Å²) in [6, 6.07) is 6.36. The monoisotopic (exact) mass is 351 g/mol. The molecule has 0 bridgehead atoms. The Hall–Kier alpha value is -2.36. The number of benzene rings is 1. The molecule has 0 atom stereocenters. The van der Waals surface area contributed by atoms with Crippen LogP contribution in [0.3, 0.4) is 0 Å². The summed E-state index contributed by atoms with van der Waals surface area (Å²) in [5.74, 6) is 0.0929. The van der Waals surface area contributed by atoms with E-state index in [-0.39, 0.29) is 11.3 Å². The van der Waals surface area contributed by atoms with Gasteiger partial charge < -0.3 is 10.2 Å². The maximum atomic E-state index is 12.4. The number of nitrogens with zero attached hydrogens (tertiary/aromatic N) is 2. The molecule has 26 heavy (non-hydrogen) atoms. The second-order valence-corrected chi connectivity index (χ2v) is 8.50. The number of amides is 1. The molecule has 2 aromatic rings. The summed E-state index contributed by atoms with van der Waals surface area (Å²) in [4.78, 5) is 18.9. The Kier molecular flexibility index (Phi) is 5.03. The van der Waals surface area contributed by atoms with Gasteiger partial charge in [-0.05, 0) is 66.1 Å². The molecule has 4 nitrogen and oxygen atoms in total. The molecular weight excluding hydrogens is 322 g/mol. The predicted molar refractivity (Wildman–Crippen MR) is 108 cm³/mol. The first-order chi connectivity index (χ1) is 12.2. The quantitative estimate of drug-likeness (QED) is 0.873. The van der Waals surface area contributed by atoms with Gasteiger partial charge >= 0.3 is 0 Å². The van der Waals surface area contributed by atoms with E-state index in [4.69, 9.17) is 0 Å². The molecule has 0 fully saturated rings. The second kappa shape index (κ2) is 7.10. The molecule has 3 rings (SSSR count). The number of hydrogen-bond donors (Lipinski definition) is 1. The lowest BCUT2D eigenvalue weighted by Gasteiger charge is -2.23. The van der Waals surface area contributed by atoms with Crippen LogP contribution in [-0.4, -0.2) is 17.4 Å². The average molecular weight is 351 g/mol. The van der Waals surface area contributed by atoms with E-state index < -0.39 is 0 Å². The van der Waals surface area contributed by atoms with Gasteiger partial charge in [0, 0.05) is 43.3 Å². The normalized spacial score (nSPS) is 13.7. The summed E-state index contributed by atoms with van der Waals surface area (Å²) < 4.78 is 0. The van der Waals surface area contributed by atoms with Crippen LogP contribution >= 0.6 is 0 Å². The number of anilines is 2. The van der Waals surface area contributed by atoms with Gasteiger partial charge in [-0.3, -0.25) is 9.78 Å². The Bertz CT molecular complexity index is 806. The minimum absolute atomic E-state index is 0.00996. The molecule has 0 saturated carbocycles. The summed E-state index contributed by atoms with van der Waals surface area (Å²) in [7, 11) is 0. The molecule has 2 heterocycles. The van der Waals surface area contributed by atoms with Gasteiger partial charge in [-0.15, -0.1) is 0 Å². The van der Waals surface area contributed by atoms with E-state index in [2.05, 4.69) is 68.0 Å². The van der Waals surface area contributed by atoms with Crippen LogP contribution < -0.4 is 10.2 Å². The van der Waals surface area contributed by atoms with Gasteiger partial charge in [0.2, 0.25) is 5.91 Å². The molecule has 1 aromatic carbocycles. The smallest absolute Gasteiger partial charge is 0.224 e. The summed E-state index contributed by atoms with van der Waals surface area (Å²) in [5, 5.41) is 3.16. The van der Waals surface area contributed by atoms with Gasteiger partial charge in [0.05, 0.1) is 0 Å². The zero-order valence-electron chi connectivity index (χ0n) is 16.5. The van der Waals surface area contributed by atoms with Gasteiger partial charge in [-0.1, -0.05) is 20.8 Å². The molecule has 1 aliphatic heterocycles. The van der Waals surface area contributed by atoms with E-state index in [0.717, 1.165) is 30.8 Å². The summed E-state index contributed by atoms with van der Waals surface area (Å²) in [5.41, 5.74) is 7.24. The highest BCUT2D eigenvalue weighted by Crippen LogP contribution is 2.38. The number of carbonyl (C=O) groups is 1. The van der Waals surface area contributed by atoms with Crippen molar-refractivity contribution in [1.29, 1.82) is 0 Å². The lowest BCUT2D eigenvalue weighted by Crippen LogP contribution is -2.21. The predicted octanol–water partition coefficient (Wildman–Crippen LogP) is 4.64. The van der Waals surface area contributed by atoms with Crippen LogP contribution in [0.1, 0.15) is 49.4 Å². The van der Waals surface area contributed by atoms with Crippen LogP contribution in [0, 0.1) is 19.3 Å². The summed E-state index contributed by atoms with van der Waals surface area (Å²) in [6.45, 7) is 12.4. The Morgan fingerprint density at radius 2 is 1.92 bits per heavy atom. The Labute approximate surface area is 156 Å². The van der Waals surface area contributed by atoms with Crippen molar-refractivity contribution >= 4 is 17.3 Å². The van der Waals surface area contributed by atoms with Crippen LogP contribution in [0.2, 0.25) is 0 Å². The third-order valence-electron chi connectivity index (χ3n) is 4.93. The maximum Gasteiger partial charge on any atom is 0.224 e.